The number of hydrogen-bond donors (Lipinski definition) is 3. The molecule has 168 valence electrons. The number of thiocarbonyl (C=S) groups is 1. The van der Waals surface area contributed by atoms with Crippen molar-refractivity contribution in [2.75, 3.05) is 29.6 Å². The highest BCUT2D eigenvalue weighted by atomic mass is 35.5. The third kappa shape index (κ3) is 6.33. The van der Waals surface area contributed by atoms with Gasteiger partial charge in [-0.1, -0.05) is 23.2 Å². The Hall–Kier alpha value is -2.86. The molecular weight excluding hydrogens is 497 g/mol. The molecule has 0 saturated heterocycles. The number of anilines is 3. The van der Waals surface area contributed by atoms with Gasteiger partial charge in [0.05, 0.1) is 19.1 Å². The lowest BCUT2D eigenvalue weighted by Crippen LogP contribution is -2.19. The second-order valence-corrected chi connectivity index (χ2v) is 9.11. The molecule has 0 radical (unpaired) electrons. The largest absolute Gasteiger partial charge is 0.481 e. The number of hydrogen-bond acceptors (Lipinski definition) is 7. The quantitative estimate of drug-likeness (QED) is 0.395. The van der Waals surface area contributed by atoms with Gasteiger partial charge in [-0.3, -0.25) is 4.72 Å². The van der Waals surface area contributed by atoms with Crippen molar-refractivity contribution in [1.29, 1.82) is 0 Å². The van der Waals surface area contributed by atoms with Gasteiger partial charge in [-0.2, -0.15) is 9.97 Å². The summed E-state index contributed by atoms with van der Waals surface area (Å²) in [5.74, 6) is 0.151. The molecule has 0 amide bonds. The summed E-state index contributed by atoms with van der Waals surface area (Å²) < 4.78 is 37.7. The molecule has 9 nitrogen and oxygen atoms in total. The number of sulfonamides is 1. The number of aromatic nitrogens is 2. The molecule has 0 fully saturated rings. The molecule has 3 N–H and O–H groups in total. The summed E-state index contributed by atoms with van der Waals surface area (Å²) in [6, 6.07) is 12.2. The number of rotatable bonds is 7. The SMILES string of the molecule is COc1cc(NS(=O)(=O)c2ccc(NC(=S)Nc3cc(Cl)cc(Cl)c3)cc2)nc(OC)n1. The Morgan fingerprint density at radius 1 is 0.906 bits per heavy atom. The summed E-state index contributed by atoms with van der Waals surface area (Å²) in [7, 11) is -1.17. The van der Waals surface area contributed by atoms with Crippen LogP contribution in [0.3, 0.4) is 0 Å². The predicted octanol–water partition coefficient (Wildman–Crippen LogP) is 4.41. The number of nitrogens with one attached hydrogen (secondary N) is 3. The fraction of sp³-hybridized carbons (Fsp3) is 0.105. The number of benzene rings is 2. The average Bonchev–Trinajstić information content (AvgIpc) is 2.72. The van der Waals surface area contributed by atoms with E-state index in [-0.39, 0.29) is 27.7 Å². The van der Waals surface area contributed by atoms with Gasteiger partial charge < -0.3 is 20.1 Å². The molecule has 0 bridgehead atoms. The number of ether oxygens (including phenoxy) is 2. The van der Waals surface area contributed by atoms with Crippen LogP contribution in [-0.4, -0.2) is 37.7 Å². The highest BCUT2D eigenvalue weighted by Crippen LogP contribution is 2.24. The second-order valence-electron chi connectivity index (χ2n) is 6.15. The van der Waals surface area contributed by atoms with E-state index in [0.717, 1.165) is 0 Å². The minimum Gasteiger partial charge on any atom is -0.481 e. The molecule has 0 aliphatic heterocycles. The van der Waals surface area contributed by atoms with Crippen LogP contribution in [0.2, 0.25) is 10.0 Å². The van der Waals surface area contributed by atoms with Gasteiger partial charge in [0.1, 0.15) is 0 Å². The van der Waals surface area contributed by atoms with Crippen LogP contribution < -0.4 is 24.8 Å². The summed E-state index contributed by atoms with van der Waals surface area (Å²) in [6.07, 6.45) is 0. The maximum atomic E-state index is 12.7. The van der Waals surface area contributed by atoms with Gasteiger partial charge in [0.2, 0.25) is 5.88 Å². The predicted molar refractivity (Wildman–Crippen MR) is 129 cm³/mol. The standard InChI is InChI=1S/C19H17Cl2N5O4S2/c1-29-17-10-16(24-18(25-17)30-2)26-32(27,28)15-5-3-13(4-6-15)22-19(31)23-14-8-11(20)7-12(21)9-14/h3-10H,1-2H3,(H2,22,23,31)(H,24,25,26). The smallest absolute Gasteiger partial charge is 0.321 e. The Morgan fingerprint density at radius 2 is 1.53 bits per heavy atom. The molecule has 13 heteroatoms. The van der Waals surface area contributed by atoms with Crippen LogP contribution in [0.25, 0.3) is 0 Å². The van der Waals surface area contributed by atoms with Crippen LogP contribution in [-0.2, 0) is 10.0 Å². The molecular formula is C19H17Cl2N5O4S2. The monoisotopic (exact) mass is 513 g/mol. The van der Waals surface area contributed by atoms with E-state index in [2.05, 4.69) is 25.3 Å². The molecule has 1 heterocycles. The Labute approximate surface area is 200 Å². The van der Waals surface area contributed by atoms with Crippen molar-refractivity contribution in [2.24, 2.45) is 0 Å². The zero-order chi connectivity index (χ0) is 23.3. The highest BCUT2D eigenvalue weighted by Gasteiger charge is 2.17. The molecule has 3 aromatic rings. The number of methoxy groups -OCH3 is 2. The highest BCUT2D eigenvalue weighted by molar-refractivity contribution is 7.92. The Kier molecular flexibility index (Phi) is 7.56. The van der Waals surface area contributed by atoms with Crippen molar-refractivity contribution in [1.82, 2.24) is 9.97 Å². The van der Waals surface area contributed by atoms with Gasteiger partial charge in [0.25, 0.3) is 10.0 Å². The third-order valence-corrected chi connectivity index (χ3v) is 5.87. The van der Waals surface area contributed by atoms with E-state index in [0.29, 0.717) is 21.4 Å². The lowest BCUT2D eigenvalue weighted by molar-refractivity contribution is 0.353. The zero-order valence-corrected chi connectivity index (χ0v) is 19.9. The Bertz CT molecular complexity index is 1200. The van der Waals surface area contributed by atoms with Gasteiger partial charge in [-0.05, 0) is 54.7 Å². The van der Waals surface area contributed by atoms with Crippen LogP contribution in [0.4, 0.5) is 17.2 Å². The minimum absolute atomic E-state index is 0.00135. The lowest BCUT2D eigenvalue weighted by atomic mass is 10.3. The maximum Gasteiger partial charge on any atom is 0.321 e. The molecule has 3 rings (SSSR count). The van der Waals surface area contributed by atoms with E-state index in [4.69, 9.17) is 44.9 Å². The summed E-state index contributed by atoms with van der Waals surface area (Å²) >= 11 is 17.2. The molecule has 0 aliphatic carbocycles. The van der Waals surface area contributed by atoms with E-state index >= 15 is 0 Å². The molecule has 0 aliphatic rings. The molecule has 1 aromatic heterocycles. The van der Waals surface area contributed by atoms with Gasteiger partial charge in [0, 0.05) is 27.5 Å². The van der Waals surface area contributed by atoms with Gasteiger partial charge >= 0.3 is 6.01 Å². The molecule has 0 spiro atoms. The Balaban J connectivity index is 1.69. The van der Waals surface area contributed by atoms with Gasteiger partial charge in [-0.25, -0.2) is 8.42 Å². The van der Waals surface area contributed by atoms with Crippen LogP contribution in [0, 0.1) is 0 Å². The van der Waals surface area contributed by atoms with Crippen LogP contribution in [0.5, 0.6) is 11.9 Å². The van der Waals surface area contributed by atoms with Crippen LogP contribution >= 0.6 is 35.4 Å². The Morgan fingerprint density at radius 3 is 2.12 bits per heavy atom. The van der Waals surface area contributed by atoms with E-state index in [9.17, 15) is 8.42 Å². The topological polar surface area (TPSA) is 114 Å². The first-order chi connectivity index (χ1) is 15.2. The van der Waals surface area contributed by atoms with Crippen LogP contribution in [0.15, 0.2) is 53.4 Å². The summed E-state index contributed by atoms with van der Waals surface area (Å²) in [5.41, 5.74) is 1.18. The third-order valence-electron chi connectivity index (χ3n) is 3.86. The van der Waals surface area contributed by atoms with E-state index in [1.54, 1.807) is 30.3 Å². The normalized spacial score (nSPS) is 10.9. The van der Waals surface area contributed by atoms with Gasteiger partial charge in [-0.15, -0.1) is 0 Å². The summed E-state index contributed by atoms with van der Waals surface area (Å²) in [4.78, 5) is 7.89. The zero-order valence-electron chi connectivity index (χ0n) is 16.7. The first-order valence-electron chi connectivity index (χ1n) is 8.82. The van der Waals surface area contributed by atoms with Crippen molar-refractivity contribution in [3.8, 4) is 11.9 Å². The van der Waals surface area contributed by atoms with Crippen LogP contribution in [0.1, 0.15) is 0 Å². The fourth-order valence-electron chi connectivity index (χ4n) is 2.49. The summed E-state index contributed by atoms with van der Waals surface area (Å²) in [6.45, 7) is 0. The molecule has 32 heavy (non-hydrogen) atoms. The summed E-state index contributed by atoms with van der Waals surface area (Å²) in [5, 5.41) is 7.11. The van der Waals surface area contributed by atoms with E-state index in [1.165, 1.54) is 32.4 Å². The van der Waals surface area contributed by atoms with Crippen molar-refractivity contribution in [3.63, 3.8) is 0 Å². The van der Waals surface area contributed by atoms with Crippen molar-refractivity contribution in [3.05, 3.63) is 58.6 Å². The first-order valence-corrected chi connectivity index (χ1v) is 11.5. The van der Waals surface area contributed by atoms with E-state index in [1.807, 2.05) is 0 Å². The van der Waals surface area contributed by atoms with Crippen molar-refractivity contribution in [2.45, 2.75) is 4.90 Å². The number of halogens is 2. The number of nitrogens with zero attached hydrogens (tertiary/aromatic N) is 2. The minimum atomic E-state index is -3.92. The average molecular weight is 514 g/mol. The van der Waals surface area contributed by atoms with E-state index < -0.39 is 10.0 Å². The molecule has 0 unspecified atom stereocenters. The van der Waals surface area contributed by atoms with Crippen molar-refractivity contribution >= 4 is 67.7 Å². The molecule has 0 atom stereocenters. The second kappa shape index (κ2) is 10.2. The maximum absolute atomic E-state index is 12.7. The lowest BCUT2D eigenvalue weighted by Gasteiger charge is -2.12. The van der Waals surface area contributed by atoms with Gasteiger partial charge in [0.15, 0.2) is 10.9 Å². The van der Waals surface area contributed by atoms with Crippen molar-refractivity contribution < 1.29 is 17.9 Å². The molecule has 0 saturated carbocycles. The molecule has 2 aromatic carbocycles. The first kappa shape index (κ1) is 23.8. The fourth-order valence-corrected chi connectivity index (χ4v) is 4.24.